The molecule has 0 fully saturated rings. The van der Waals surface area contributed by atoms with Crippen LogP contribution in [0.3, 0.4) is 0 Å². The minimum Gasteiger partial charge on any atom is -0.464 e. The van der Waals surface area contributed by atoms with Gasteiger partial charge in [-0.15, -0.1) is 0 Å². The molecule has 0 aliphatic rings. The quantitative estimate of drug-likeness (QED) is 0.894. The third kappa shape index (κ3) is 2.72. The Morgan fingerprint density at radius 1 is 1.28 bits per heavy atom. The highest BCUT2D eigenvalue weighted by Crippen LogP contribution is 2.27. The van der Waals surface area contributed by atoms with Crippen LogP contribution in [0.1, 0.15) is 31.9 Å². The van der Waals surface area contributed by atoms with Crippen molar-refractivity contribution < 1.29 is 8.81 Å². The lowest BCUT2D eigenvalue weighted by atomic mass is 10.1. The summed E-state index contributed by atoms with van der Waals surface area (Å²) in [5.74, 6) is -0.199. The SMILES string of the molecule is Cc1ccc(F)c2c(CCNC(C)(C)C)coc12. The van der Waals surface area contributed by atoms with Crippen LogP contribution in [0.15, 0.2) is 22.8 Å². The summed E-state index contributed by atoms with van der Waals surface area (Å²) in [4.78, 5) is 0. The first-order chi connectivity index (χ1) is 8.38. The highest BCUT2D eigenvalue weighted by Gasteiger charge is 2.14. The van der Waals surface area contributed by atoms with Crippen molar-refractivity contribution in [2.24, 2.45) is 0 Å². The van der Waals surface area contributed by atoms with E-state index in [-0.39, 0.29) is 11.4 Å². The Balaban J connectivity index is 2.22. The molecule has 1 N–H and O–H groups in total. The molecule has 0 radical (unpaired) electrons. The summed E-state index contributed by atoms with van der Waals surface area (Å²) in [6, 6.07) is 3.26. The zero-order chi connectivity index (χ0) is 13.3. The van der Waals surface area contributed by atoms with Crippen LogP contribution in [0.4, 0.5) is 4.39 Å². The van der Waals surface area contributed by atoms with E-state index < -0.39 is 0 Å². The summed E-state index contributed by atoms with van der Waals surface area (Å²) in [6.07, 6.45) is 2.44. The van der Waals surface area contributed by atoms with Crippen molar-refractivity contribution in [3.8, 4) is 0 Å². The molecule has 0 spiro atoms. The van der Waals surface area contributed by atoms with Crippen LogP contribution in [0.2, 0.25) is 0 Å². The average Bonchev–Trinajstić information content (AvgIpc) is 2.67. The van der Waals surface area contributed by atoms with E-state index in [4.69, 9.17) is 4.42 Å². The summed E-state index contributed by atoms with van der Waals surface area (Å²) in [6.45, 7) is 9.09. The molecule has 0 aliphatic heterocycles. The van der Waals surface area contributed by atoms with Crippen molar-refractivity contribution in [1.82, 2.24) is 5.32 Å². The van der Waals surface area contributed by atoms with Gasteiger partial charge in [0.05, 0.1) is 11.6 Å². The lowest BCUT2D eigenvalue weighted by Crippen LogP contribution is -2.37. The minimum atomic E-state index is -0.199. The zero-order valence-corrected chi connectivity index (χ0v) is 11.4. The Bertz CT molecular complexity index is 551. The van der Waals surface area contributed by atoms with Crippen LogP contribution in [0.25, 0.3) is 11.0 Å². The number of fused-ring (bicyclic) bond motifs is 1. The van der Waals surface area contributed by atoms with Crippen molar-refractivity contribution in [2.75, 3.05) is 6.54 Å². The molecule has 0 saturated carbocycles. The Morgan fingerprint density at radius 2 is 2.00 bits per heavy atom. The second-order valence-corrected chi connectivity index (χ2v) is 5.76. The number of halogens is 1. The van der Waals surface area contributed by atoms with Crippen LogP contribution in [0.5, 0.6) is 0 Å². The van der Waals surface area contributed by atoms with Crippen molar-refractivity contribution in [3.05, 3.63) is 35.3 Å². The molecule has 0 unspecified atom stereocenters. The standard InChI is InChI=1S/C15H20FNO/c1-10-5-6-12(16)13-11(9-18-14(10)13)7-8-17-15(2,3)4/h5-6,9,17H,7-8H2,1-4H3. The fourth-order valence-corrected chi connectivity index (χ4v) is 2.06. The average molecular weight is 249 g/mol. The fourth-order valence-electron chi connectivity index (χ4n) is 2.06. The molecule has 2 aromatic rings. The number of hydrogen-bond donors (Lipinski definition) is 1. The van der Waals surface area contributed by atoms with Crippen molar-refractivity contribution in [1.29, 1.82) is 0 Å². The second-order valence-electron chi connectivity index (χ2n) is 5.76. The van der Waals surface area contributed by atoms with Gasteiger partial charge in [-0.2, -0.15) is 0 Å². The molecule has 2 nitrogen and oxygen atoms in total. The van der Waals surface area contributed by atoms with E-state index >= 15 is 0 Å². The number of rotatable bonds is 3. The van der Waals surface area contributed by atoms with Crippen LogP contribution in [-0.2, 0) is 6.42 Å². The van der Waals surface area contributed by atoms with Gasteiger partial charge in [-0.05, 0) is 52.3 Å². The molecule has 18 heavy (non-hydrogen) atoms. The van der Waals surface area contributed by atoms with E-state index in [1.54, 1.807) is 12.3 Å². The lowest BCUT2D eigenvalue weighted by Gasteiger charge is -2.20. The van der Waals surface area contributed by atoms with E-state index in [1.807, 2.05) is 6.92 Å². The van der Waals surface area contributed by atoms with Gasteiger partial charge in [0.15, 0.2) is 0 Å². The van der Waals surface area contributed by atoms with Gasteiger partial charge >= 0.3 is 0 Å². The highest BCUT2D eigenvalue weighted by atomic mass is 19.1. The normalized spacial score (nSPS) is 12.3. The number of nitrogens with one attached hydrogen (secondary N) is 1. The molecule has 0 atom stereocenters. The maximum Gasteiger partial charge on any atom is 0.139 e. The van der Waals surface area contributed by atoms with Gasteiger partial charge in [-0.25, -0.2) is 4.39 Å². The Morgan fingerprint density at radius 3 is 2.67 bits per heavy atom. The number of hydrogen-bond acceptors (Lipinski definition) is 2. The van der Waals surface area contributed by atoms with Crippen molar-refractivity contribution in [3.63, 3.8) is 0 Å². The van der Waals surface area contributed by atoms with Crippen LogP contribution < -0.4 is 5.32 Å². The first-order valence-electron chi connectivity index (χ1n) is 6.29. The minimum absolute atomic E-state index is 0.0774. The smallest absolute Gasteiger partial charge is 0.139 e. The highest BCUT2D eigenvalue weighted by molar-refractivity contribution is 5.84. The maximum atomic E-state index is 13.8. The van der Waals surface area contributed by atoms with Crippen molar-refractivity contribution >= 4 is 11.0 Å². The number of aryl methyl sites for hydroxylation is 1. The van der Waals surface area contributed by atoms with E-state index in [2.05, 4.69) is 26.1 Å². The predicted octanol–water partition coefficient (Wildman–Crippen LogP) is 3.81. The molecular formula is C15H20FNO. The Hall–Kier alpha value is -1.35. The number of furan rings is 1. The molecule has 0 bridgehead atoms. The van der Waals surface area contributed by atoms with Crippen LogP contribution in [-0.4, -0.2) is 12.1 Å². The molecule has 2 rings (SSSR count). The van der Waals surface area contributed by atoms with E-state index in [9.17, 15) is 4.39 Å². The van der Waals surface area contributed by atoms with Gasteiger partial charge in [0.1, 0.15) is 11.4 Å². The van der Waals surface area contributed by atoms with Gasteiger partial charge in [-0.3, -0.25) is 0 Å². The van der Waals surface area contributed by atoms with Gasteiger partial charge in [0, 0.05) is 11.1 Å². The molecule has 0 amide bonds. The molecule has 0 saturated heterocycles. The first-order valence-corrected chi connectivity index (χ1v) is 6.29. The van der Waals surface area contributed by atoms with Crippen LogP contribution in [0, 0.1) is 12.7 Å². The zero-order valence-electron chi connectivity index (χ0n) is 11.4. The van der Waals surface area contributed by atoms with Gasteiger partial charge in [-0.1, -0.05) is 6.07 Å². The summed E-state index contributed by atoms with van der Waals surface area (Å²) < 4.78 is 19.3. The van der Waals surface area contributed by atoms with Gasteiger partial charge < -0.3 is 9.73 Å². The molecule has 1 aromatic heterocycles. The van der Waals surface area contributed by atoms with Crippen LogP contribution >= 0.6 is 0 Å². The van der Waals surface area contributed by atoms with Gasteiger partial charge in [0.25, 0.3) is 0 Å². The van der Waals surface area contributed by atoms with E-state index in [0.717, 1.165) is 24.1 Å². The third-order valence-electron chi connectivity index (χ3n) is 2.99. The largest absolute Gasteiger partial charge is 0.464 e. The summed E-state index contributed by atoms with van der Waals surface area (Å²) in [5, 5.41) is 4.03. The fraction of sp³-hybridized carbons (Fsp3) is 0.467. The molecule has 1 heterocycles. The molecule has 3 heteroatoms. The number of benzene rings is 1. The topological polar surface area (TPSA) is 25.2 Å². The molecule has 0 aliphatic carbocycles. The van der Waals surface area contributed by atoms with E-state index in [0.29, 0.717) is 11.0 Å². The lowest BCUT2D eigenvalue weighted by molar-refractivity contribution is 0.429. The maximum absolute atomic E-state index is 13.8. The first kappa shape index (κ1) is 13.1. The van der Waals surface area contributed by atoms with E-state index in [1.165, 1.54) is 6.07 Å². The Labute approximate surface area is 107 Å². The second kappa shape index (κ2) is 4.73. The van der Waals surface area contributed by atoms with Gasteiger partial charge in [0.2, 0.25) is 0 Å². The molecule has 1 aromatic carbocycles. The Kier molecular flexibility index (Phi) is 3.44. The summed E-state index contributed by atoms with van der Waals surface area (Å²) in [7, 11) is 0. The van der Waals surface area contributed by atoms with Crippen molar-refractivity contribution in [2.45, 2.75) is 39.7 Å². The summed E-state index contributed by atoms with van der Waals surface area (Å²) in [5.41, 5.74) is 2.65. The molecule has 98 valence electrons. The summed E-state index contributed by atoms with van der Waals surface area (Å²) >= 11 is 0. The third-order valence-corrected chi connectivity index (χ3v) is 2.99. The predicted molar refractivity (Wildman–Crippen MR) is 72.4 cm³/mol. The monoisotopic (exact) mass is 249 g/mol. The molecular weight excluding hydrogens is 229 g/mol.